The molecule has 0 N–H and O–H groups in total. The molecule has 0 spiro atoms. The van der Waals surface area contributed by atoms with E-state index < -0.39 is 0 Å². The summed E-state index contributed by atoms with van der Waals surface area (Å²) in [4.78, 5) is 19.2. The molecule has 0 saturated heterocycles. The first-order valence-corrected chi connectivity index (χ1v) is 9.47. The summed E-state index contributed by atoms with van der Waals surface area (Å²) in [5, 5.41) is 4.54. The molecule has 0 radical (unpaired) electrons. The minimum Gasteiger partial charge on any atom is -0.494 e. The van der Waals surface area contributed by atoms with Crippen LogP contribution in [-0.2, 0) is 24.2 Å². The van der Waals surface area contributed by atoms with Gasteiger partial charge in [0.15, 0.2) is 5.65 Å². The lowest BCUT2D eigenvalue weighted by Gasteiger charge is -2.29. The molecule has 6 nitrogen and oxygen atoms in total. The highest BCUT2D eigenvalue weighted by Gasteiger charge is 2.23. The monoisotopic (exact) mass is 364 g/mol. The third kappa shape index (κ3) is 3.52. The van der Waals surface area contributed by atoms with Gasteiger partial charge in [0.25, 0.3) is 0 Å². The number of carbonyl (C=O) groups is 1. The molecule has 0 fully saturated rings. The fourth-order valence-corrected chi connectivity index (χ4v) is 3.67. The first-order valence-electron chi connectivity index (χ1n) is 9.47. The maximum Gasteiger partial charge on any atom is 0.223 e. The number of para-hydroxylation sites is 1. The van der Waals surface area contributed by atoms with Crippen LogP contribution >= 0.6 is 0 Å². The molecular formula is C21H24N4O2. The van der Waals surface area contributed by atoms with E-state index in [2.05, 4.69) is 10.1 Å². The van der Waals surface area contributed by atoms with Crippen LogP contribution in [0.2, 0.25) is 0 Å². The Kier molecular flexibility index (Phi) is 4.79. The minimum atomic E-state index is 0.170. The normalized spacial score (nSPS) is 13.6. The summed E-state index contributed by atoms with van der Waals surface area (Å²) >= 11 is 0. The summed E-state index contributed by atoms with van der Waals surface area (Å²) in [7, 11) is 0. The van der Waals surface area contributed by atoms with Crippen molar-refractivity contribution in [3.63, 3.8) is 0 Å². The Balaban J connectivity index is 1.45. The fraction of sp³-hybridized carbons (Fsp3) is 0.381. The van der Waals surface area contributed by atoms with E-state index in [4.69, 9.17) is 4.74 Å². The minimum absolute atomic E-state index is 0.170. The zero-order valence-electron chi connectivity index (χ0n) is 15.8. The van der Waals surface area contributed by atoms with E-state index in [-0.39, 0.29) is 5.91 Å². The van der Waals surface area contributed by atoms with Crippen LogP contribution in [0.15, 0.2) is 36.5 Å². The molecule has 3 heterocycles. The molecule has 1 aliphatic rings. The quantitative estimate of drug-likeness (QED) is 0.698. The van der Waals surface area contributed by atoms with Gasteiger partial charge in [0.1, 0.15) is 5.75 Å². The molecule has 0 atom stereocenters. The standard InChI is InChI=1S/C21H24N4O2/c1-3-27-19-7-5-4-6-16(19)8-9-21(26)24-11-10-18-17(14-24)13-22-20-12-15(2)23-25(18)20/h4-7,12-13H,3,8-11,14H2,1-2H3. The Hall–Kier alpha value is -2.89. The number of carbonyl (C=O) groups excluding carboxylic acids is 1. The van der Waals surface area contributed by atoms with Crippen molar-refractivity contribution in [2.75, 3.05) is 13.2 Å². The van der Waals surface area contributed by atoms with Gasteiger partial charge < -0.3 is 9.64 Å². The molecule has 0 aliphatic carbocycles. The Morgan fingerprint density at radius 1 is 1.30 bits per heavy atom. The van der Waals surface area contributed by atoms with Crippen LogP contribution < -0.4 is 4.74 Å². The molecule has 27 heavy (non-hydrogen) atoms. The molecule has 6 heteroatoms. The van der Waals surface area contributed by atoms with E-state index in [9.17, 15) is 4.79 Å². The van der Waals surface area contributed by atoms with Crippen molar-refractivity contribution >= 4 is 11.6 Å². The molecule has 1 aromatic carbocycles. The van der Waals surface area contributed by atoms with Gasteiger partial charge in [-0.05, 0) is 31.9 Å². The van der Waals surface area contributed by atoms with Gasteiger partial charge in [-0.1, -0.05) is 18.2 Å². The molecule has 1 aliphatic heterocycles. The highest BCUT2D eigenvalue weighted by atomic mass is 16.5. The summed E-state index contributed by atoms with van der Waals surface area (Å²) in [5.74, 6) is 1.04. The number of aryl methyl sites for hydroxylation is 2. The Morgan fingerprint density at radius 2 is 2.15 bits per heavy atom. The number of hydrogen-bond acceptors (Lipinski definition) is 4. The van der Waals surface area contributed by atoms with E-state index in [0.29, 0.717) is 26.0 Å². The lowest BCUT2D eigenvalue weighted by molar-refractivity contribution is -0.132. The number of amides is 1. The van der Waals surface area contributed by atoms with Crippen LogP contribution in [0.4, 0.5) is 0 Å². The van der Waals surface area contributed by atoms with Crippen LogP contribution in [-0.4, -0.2) is 38.6 Å². The first kappa shape index (κ1) is 17.5. The lowest BCUT2D eigenvalue weighted by Crippen LogP contribution is -2.37. The zero-order valence-corrected chi connectivity index (χ0v) is 15.8. The fourth-order valence-electron chi connectivity index (χ4n) is 3.67. The van der Waals surface area contributed by atoms with Crippen molar-refractivity contribution < 1.29 is 9.53 Å². The smallest absolute Gasteiger partial charge is 0.223 e. The number of rotatable bonds is 5. The summed E-state index contributed by atoms with van der Waals surface area (Å²) < 4.78 is 7.58. The number of ether oxygens (including phenoxy) is 1. The lowest BCUT2D eigenvalue weighted by atomic mass is 10.0. The number of benzene rings is 1. The summed E-state index contributed by atoms with van der Waals surface area (Å²) in [5.41, 5.74) is 5.17. The van der Waals surface area contributed by atoms with E-state index in [1.54, 1.807) is 0 Å². The Morgan fingerprint density at radius 3 is 3.00 bits per heavy atom. The topological polar surface area (TPSA) is 59.7 Å². The third-order valence-corrected chi connectivity index (χ3v) is 5.00. The largest absolute Gasteiger partial charge is 0.494 e. The van der Waals surface area contributed by atoms with Gasteiger partial charge in [-0.15, -0.1) is 0 Å². The van der Waals surface area contributed by atoms with Crippen LogP contribution in [0.3, 0.4) is 0 Å². The highest BCUT2D eigenvalue weighted by Crippen LogP contribution is 2.23. The maximum absolute atomic E-state index is 12.8. The number of aromatic nitrogens is 3. The molecule has 0 unspecified atom stereocenters. The molecule has 0 saturated carbocycles. The molecule has 1 amide bonds. The SMILES string of the molecule is CCOc1ccccc1CCC(=O)N1CCc2c(cnc3cc(C)nn23)C1. The number of nitrogens with zero attached hydrogens (tertiary/aromatic N) is 4. The first-order chi connectivity index (χ1) is 13.2. The van der Waals surface area contributed by atoms with Gasteiger partial charge in [0, 0.05) is 43.8 Å². The van der Waals surface area contributed by atoms with Crippen LogP contribution in [0.25, 0.3) is 5.65 Å². The van der Waals surface area contributed by atoms with Gasteiger partial charge >= 0.3 is 0 Å². The highest BCUT2D eigenvalue weighted by molar-refractivity contribution is 5.77. The average Bonchev–Trinajstić information content (AvgIpc) is 3.07. The molecule has 2 aromatic heterocycles. The maximum atomic E-state index is 12.8. The van der Waals surface area contributed by atoms with Gasteiger partial charge in [-0.2, -0.15) is 5.10 Å². The van der Waals surface area contributed by atoms with Crippen molar-refractivity contribution in [1.29, 1.82) is 0 Å². The van der Waals surface area contributed by atoms with E-state index in [1.807, 2.05) is 59.8 Å². The zero-order chi connectivity index (χ0) is 18.8. The van der Waals surface area contributed by atoms with Crippen molar-refractivity contribution in [2.24, 2.45) is 0 Å². The summed E-state index contributed by atoms with van der Waals surface area (Å²) in [6.07, 6.45) is 3.86. The number of hydrogen-bond donors (Lipinski definition) is 0. The van der Waals surface area contributed by atoms with Crippen molar-refractivity contribution in [3.05, 3.63) is 59.0 Å². The van der Waals surface area contributed by atoms with Gasteiger partial charge in [0.05, 0.1) is 18.0 Å². The van der Waals surface area contributed by atoms with Crippen LogP contribution in [0.5, 0.6) is 5.75 Å². The second-order valence-corrected chi connectivity index (χ2v) is 6.89. The summed E-state index contributed by atoms with van der Waals surface area (Å²) in [6, 6.07) is 9.92. The second-order valence-electron chi connectivity index (χ2n) is 6.89. The third-order valence-electron chi connectivity index (χ3n) is 5.00. The van der Waals surface area contributed by atoms with E-state index >= 15 is 0 Å². The van der Waals surface area contributed by atoms with Crippen LogP contribution in [0, 0.1) is 6.92 Å². The average molecular weight is 364 g/mol. The Bertz CT molecular complexity index is 979. The van der Waals surface area contributed by atoms with E-state index in [1.165, 1.54) is 5.69 Å². The molecule has 0 bridgehead atoms. The van der Waals surface area contributed by atoms with Gasteiger partial charge in [-0.25, -0.2) is 9.50 Å². The van der Waals surface area contributed by atoms with Crippen molar-refractivity contribution in [2.45, 2.75) is 39.7 Å². The second kappa shape index (κ2) is 7.39. The predicted octanol–water partition coefficient (Wildman–Crippen LogP) is 2.95. The molecule has 140 valence electrons. The van der Waals surface area contributed by atoms with Gasteiger partial charge in [-0.3, -0.25) is 4.79 Å². The van der Waals surface area contributed by atoms with Crippen molar-refractivity contribution in [1.82, 2.24) is 19.5 Å². The molecule has 3 aromatic rings. The van der Waals surface area contributed by atoms with Crippen LogP contribution in [0.1, 0.15) is 35.9 Å². The molecule has 4 rings (SSSR count). The van der Waals surface area contributed by atoms with Gasteiger partial charge in [0.2, 0.25) is 5.91 Å². The summed E-state index contributed by atoms with van der Waals surface area (Å²) in [6.45, 7) is 5.89. The Labute approximate surface area is 158 Å². The molecular weight excluding hydrogens is 340 g/mol. The predicted molar refractivity (Wildman–Crippen MR) is 103 cm³/mol. The van der Waals surface area contributed by atoms with Crippen molar-refractivity contribution in [3.8, 4) is 5.75 Å². The van der Waals surface area contributed by atoms with E-state index in [0.717, 1.165) is 41.2 Å². The number of fused-ring (bicyclic) bond motifs is 3.